The molecule has 0 fully saturated rings. The summed E-state index contributed by atoms with van der Waals surface area (Å²) in [5, 5.41) is 4.37. The lowest BCUT2D eigenvalue weighted by Crippen LogP contribution is -1.96. The van der Waals surface area contributed by atoms with Crippen molar-refractivity contribution < 1.29 is 0 Å². The number of pyridine rings is 1. The fourth-order valence-corrected chi connectivity index (χ4v) is 2.87. The van der Waals surface area contributed by atoms with Crippen LogP contribution in [0, 0.1) is 6.92 Å². The van der Waals surface area contributed by atoms with Crippen molar-refractivity contribution in [3.8, 4) is 0 Å². The molecule has 0 unspecified atom stereocenters. The van der Waals surface area contributed by atoms with Gasteiger partial charge in [0.15, 0.2) is 0 Å². The molecule has 0 spiro atoms. The van der Waals surface area contributed by atoms with Crippen LogP contribution in [0.1, 0.15) is 5.56 Å². The van der Waals surface area contributed by atoms with Gasteiger partial charge in [0.2, 0.25) is 0 Å². The molecule has 3 nitrogen and oxygen atoms in total. The number of hydrogen-bond donors (Lipinski definition) is 2. The van der Waals surface area contributed by atoms with Crippen molar-refractivity contribution >= 4 is 43.9 Å². The highest BCUT2D eigenvalue weighted by Gasteiger charge is 2.06. The van der Waals surface area contributed by atoms with E-state index < -0.39 is 0 Å². The number of nitrogens with zero attached hydrogens (tertiary/aromatic N) is 1. The van der Waals surface area contributed by atoms with Crippen LogP contribution in [-0.4, -0.2) is 4.98 Å². The second-order valence-electron chi connectivity index (χ2n) is 4.74. The van der Waals surface area contributed by atoms with E-state index in [1.165, 1.54) is 5.56 Å². The SMILES string of the molecule is Cc1cc(Br)cc(Nc2ccc(N)c3cccnc23)c1. The second kappa shape index (κ2) is 5.13. The predicted molar refractivity (Wildman–Crippen MR) is 88.3 cm³/mol. The first kappa shape index (κ1) is 12.9. The first-order valence-corrected chi connectivity index (χ1v) is 7.10. The monoisotopic (exact) mass is 327 g/mol. The molecule has 2 aromatic carbocycles. The Kier molecular flexibility index (Phi) is 3.32. The molecular formula is C16H14BrN3. The van der Waals surface area contributed by atoms with Gasteiger partial charge >= 0.3 is 0 Å². The van der Waals surface area contributed by atoms with E-state index in [-0.39, 0.29) is 0 Å². The average Bonchev–Trinajstić information content (AvgIpc) is 2.41. The molecule has 0 atom stereocenters. The summed E-state index contributed by atoms with van der Waals surface area (Å²) in [4.78, 5) is 4.43. The van der Waals surface area contributed by atoms with E-state index in [0.717, 1.165) is 32.4 Å². The smallest absolute Gasteiger partial charge is 0.0957 e. The van der Waals surface area contributed by atoms with Crippen LogP contribution in [0.4, 0.5) is 17.1 Å². The number of benzene rings is 2. The molecular weight excluding hydrogens is 314 g/mol. The molecule has 1 aromatic heterocycles. The Morgan fingerprint density at radius 1 is 1.15 bits per heavy atom. The highest BCUT2D eigenvalue weighted by molar-refractivity contribution is 9.10. The van der Waals surface area contributed by atoms with Gasteiger partial charge in [0, 0.05) is 27.4 Å². The number of nitrogen functional groups attached to an aromatic ring is 1. The summed E-state index contributed by atoms with van der Waals surface area (Å²) < 4.78 is 1.05. The van der Waals surface area contributed by atoms with Gasteiger partial charge in [-0.05, 0) is 55.0 Å². The van der Waals surface area contributed by atoms with Gasteiger partial charge in [-0.3, -0.25) is 4.98 Å². The summed E-state index contributed by atoms with van der Waals surface area (Å²) in [7, 11) is 0. The van der Waals surface area contributed by atoms with Crippen LogP contribution in [0.25, 0.3) is 10.9 Å². The lowest BCUT2D eigenvalue weighted by Gasteiger charge is -2.11. The third-order valence-electron chi connectivity index (χ3n) is 3.12. The second-order valence-corrected chi connectivity index (χ2v) is 5.66. The van der Waals surface area contributed by atoms with E-state index in [1.54, 1.807) is 6.20 Å². The van der Waals surface area contributed by atoms with Gasteiger partial charge in [-0.2, -0.15) is 0 Å². The third kappa shape index (κ3) is 2.47. The first-order valence-electron chi connectivity index (χ1n) is 6.31. The van der Waals surface area contributed by atoms with Gasteiger partial charge in [-0.25, -0.2) is 0 Å². The molecule has 0 radical (unpaired) electrons. The topological polar surface area (TPSA) is 50.9 Å². The van der Waals surface area contributed by atoms with E-state index in [1.807, 2.05) is 30.3 Å². The molecule has 1 heterocycles. The van der Waals surface area contributed by atoms with Crippen molar-refractivity contribution in [2.75, 3.05) is 11.1 Å². The standard InChI is InChI=1S/C16H14BrN3/c1-10-7-11(17)9-12(8-10)20-15-5-4-14(18)13-3-2-6-19-16(13)15/h2-9,20H,18H2,1H3. The zero-order valence-electron chi connectivity index (χ0n) is 11.0. The van der Waals surface area contributed by atoms with Crippen molar-refractivity contribution in [2.45, 2.75) is 6.92 Å². The lowest BCUT2D eigenvalue weighted by molar-refractivity contribution is 1.39. The molecule has 20 heavy (non-hydrogen) atoms. The molecule has 4 heteroatoms. The predicted octanol–water partition coefficient (Wildman–Crippen LogP) is 4.63. The van der Waals surface area contributed by atoms with Crippen molar-refractivity contribution in [3.63, 3.8) is 0 Å². The van der Waals surface area contributed by atoms with Crippen LogP contribution in [0.3, 0.4) is 0 Å². The largest absolute Gasteiger partial charge is 0.398 e. The Morgan fingerprint density at radius 2 is 2.00 bits per heavy atom. The number of aryl methyl sites for hydroxylation is 1. The van der Waals surface area contributed by atoms with Crippen LogP contribution in [0.2, 0.25) is 0 Å². The summed E-state index contributed by atoms with van der Waals surface area (Å²) >= 11 is 3.51. The first-order chi connectivity index (χ1) is 9.63. The Balaban J connectivity index is 2.09. The van der Waals surface area contributed by atoms with E-state index >= 15 is 0 Å². The van der Waals surface area contributed by atoms with Crippen LogP contribution < -0.4 is 11.1 Å². The summed E-state index contributed by atoms with van der Waals surface area (Å²) in [6.07, 6.45) is 1.78. The fraction of sp³-hybridized carbons (Fsp3) is 0.0625. The quantitative estimate of drug-likeness (QED) is 0.674. The van der Waals surface area contributed by atoms with Gasteiger partial charge in [0.1, 0.15) is 0 Å². The number of hydrogen-bond acceptors (Lipinski definition) is 3. The maximum Gasteiger partial charge on any atom is 0.0957 e. The van der Waals surface area contributed by atoms with E-state index in [4.69, 9.17) is 5.73 Å². The Hall–Kier alpha value is -2.07. The minimum atomic E-state index is 0.740. The number of fused-ring (bicyclic) bond motifs is 1. The van der Waals surface area contributed by atoms with Crippen LogP contribution in [0.15, 0.2) is 53.1 Å². The van der Waals surface area contributed by atoms with Crippen LogP contribution in [0.5, 0.6) is 0 Å². The highest BCUT2D eigenvalue weighted by atomic mass is 79.9. The average molecular weight is 328 g/mol. The third-order valence-corrected chi connectivity index (χ3v) is 3.58. The maximum absolute atomic E-state index is 5.99. The molecule has 0 aliphatic rings. The lowest BCUT2D eigenvalue weighted by atomic mass is 10.1. The molecule has 3 rings (SSSR count). The summed E-state index contributed by atoms with van der Waals surface area (Å²) in [5.74, 6) is 0. The maximum atomic E-state index is 5.99. The highest BCUT2D eigenvalue weighted by Crippen LogP contribution is 2.29. The molecule has 3 aromatic rings. The van der Waals surface area contributed by atoms with Crippen LogP contribution >= 0.6 is 15.9 Å². The van der Waals surface area contributed by atoms with E-state index in [0.29, 0.717) is 0 Å². The fourth-order valence-electron chi connectivity index (χ4n) is 2.26. The van der Waals surface area contributed by atoms with Crippen LogP contribution in [-0.2, 0) is 0 Å². The number of anilines is 3. The zero-order chi connectivity index (χ0) is 14.1. The van der Waals surface area contributed by atoms with Gasteiger partial charge in [-0.15, -0.1) is 0 Å². The Morgan fingerprint density at radius 3 is 2.80 bits per heavy atom. The molecule has 100 valence electrons. The Labute approximate surface area is 126 Å². The van der Waals surface area contributed by atoms with Crippen molar-refractivity contribution in [1.82, 2.24) is 4.98 Å². The zero-order valence-corrected chi connectivity index (χ0v) is 12.6. The number of aromatic nitrogens is 1. The molecule has 0 saturated heterocycles. The molecule has 0 aliphatic carbocycles. The Bertz CT molecular complexity index is 764. The summed E-state index contributed by atoms with van der Waals surface area (Å²) in [6.45, 7) is 2.06. The van der Waals surface area contributed by atoms with Gasteiger partial charge in [0.05, 0.1) is 11.2 Å². The molecule has 0 bridgehead atoms. The number of halogens is 1. The molecule has 0 amide bonds. The number of nitrogens with one attached hydrogen (secondary N) is 1. The molecule has 3 N–H and O–H groups in total. The number of rotatable bonds is 2. The molecule has 0 saturated carbocycles. The minimum absolute atomic E-state index is 0.740. The minimum Gasteiger partial charge on any atom is -0.398 e. The van der Waals surface area contributed by atoms with E-state index in [2.05, 4.69) is 45.3 Å². The van der Waals surface area contributed by atoms with Gasteiger partial charge in [0.25, 0.3) is 0 Å². The van der Waals surface area contributed by atoms with E-state index in [9.17, 15) is 0 Å². The van der Waals surface area contributed by atoms with Crippen molar-refractivity contribution in [3.05, 3.63) is 58.7 Å². The van der Waals surface area contributed by atoms with Gasteiger partial charge < -0.3 is 11.1 Å². The normalized spacial score (nSPS) is 10.7. The van der Waals surface area contributed by atoms with Gasteiger partial charge in [-0.1, -0.05) is 15.9 Å². The van der Waals surface area contributed by atoms with Crippen molar-refractivity contribution in [2.24, 2.45) is 0 Å². The summed E-state index contributed by atoms with van der Waals surface area (Å²) in [5.41, 5.74) is 10.8. The molecule has 0 aliphatic heterocycles. The summed E-state index contributed by atoms with van der Waals surface area (Å²) in [6, 6.07) is 13.9. The van der Waals surface area contributed by atoms with Crippen molar-refractivity contribution in [1.29, 1.82) is 0 Å². The number of nitrogens with two attached hydrogens (primary N) is 1.